The minimum Gasteiger partial charge on any atom is -0.396 e. The molecule has 1 aromatic rings. The third-order valence-electron chi connectivity index (χ3n) is 3.20. The zero-order chi connectivity index (χ0) is 12.8. The van der Waals surface area contributed by atoms with Crippen LogP contribution >= 0.6 is 11.8 Å². The van der Waals surface area contributed by atoms with Crippen LogP contribution in [0.1, 0.15) is 13.8 Å². The SMILES string of the molecule is CSc1ccc(N(C)CC(CO)C(C)C)cc1. The minimum atomic E-state index is 0.255. The van der Waals surface area contributed by atoms with E-state index in [0.29, 0.717) is 11.8 Å². The molecule has 0 fully saturated rings. The van der Waals surface area contributed by atoms with Gasteiger partial charge in [0, 0.05) is 36.7 Å². The van der Waals surface area contributed by atoms with Crippen LogP contribution in [0.25, 0.3) is 0 Å². The number of anilines is 1. The molecule has 0 amide bonds. The van der Waals surface area contributed by atoms with Crippen molar-refractivity contribution in [3.63, 3.8) is 0 Å². The van der Waals surface area contributed by atoms with Gasteiger partial charge >= 0.3 is 0 Å². The molecule has 0 aliphatic carbocycles. The lowest BCUT2D eigenvalue weighted by molar-refractivity contribution is 0.193. The summed E-state index contributed by atoms with van der Waals surface area (Å²) in [5.41, 5.74) is 1.21. The molecule has 1 rings (SSSR count). The molecule has 1 aromatic carbocycles. The lowest BCUT2D eigenvalue weighted by Gasteiger charge is -2.27. The average molecular weight is 253 g/mol. The molecular formula is C14H23NOS. The van der Waals surface area contributed by atoms with Crippen molar-refractivity contribution in [3.05, 3.63) is 24.3 Å². The summed E-state index contributed by atoms with van der Waals surface area (Å²) in [7, 11) is 2.08. The Balaban J connectivity index is 2.65. The average Bonchev–Trinajstić information content (AvgIpc) is 2.35. The fourth-order valence-corrected chi connectivity index (χ4v) is 2.18. The molecule has 0 aliphatic heterocycles. The van der Waals surface area contributed by atoms with E-state index in [1.807, 2.05) is 0 Å². The smallest absolute Gasteiger partial charge is 0.0478 e. The molecule has 17 heavy (non-hydrogen) atoms. The van der Waals surface area contributed by atoms with E-state index < -0.39 is 0 Å². The molecule has 0 aliphatic rings. The van der Waals surface area contributed by atoms with E-state index in [9.17, 15) is 5.11 Å². The van der Waals surface area contributed by atoms with Gasteiger partial charge in [0.25, 0.3) is 0 Å². The molecule has 1 unspecified atom stereocenters. The second-order valence-electron chi connectivity index (χ2n) is 4.77. The van der Waals surface area contributed by atoms with Gasteiger partial charge in [0.1, 0.15) is 0 Å². The zero-order valence-corrected chi connectivity index (χ0v) is 12.0. The highest BCUT2D eigenvalue weighted by Gasteiger charge is 2.14. The summed E-state index contributed by atoms with van der Waals surface area (Å²) in [4.78, 5) is 3.50. The van der Waals surface area contributed by atoms with E-state index in [-0.39, 0.29) is 6.61 Å². The molecule has 0 aromatic heterocycles. The summed E-state index contributed by atoms with van der Waals surface area (Å²) in [6.07, 6.45) is 2.08. The molecular weight excluding hydrogens is 230 g/mol. The van der Waals surface area contributed by atoms with Crippen molar-refractivity contribution in [2.24, 2.45) is 11.8 Å². The quantitative estimate of drug-likeness (QED) is 0.788. The molecule has 0 bridgehead atoms. The molecule has 3 heteroatoms. The van der Waals surface area contributed by atoms with Crippen molar-refractivity contribution in [2.45, 2.75) is 18.7 Å². The lowest BCUT2D eigenvalue weighted by Crippen LogP contribution is -2.30. The Labute approximate surface area is 109 Å². The number of nitrogens with zero attached hydrogens (tertiary/aromatic N) is 1. The maximum Gasteiger partial charge on any atom is 0.0478 e. The van der Waals surface area contributed by atoms with E-state index in [1.165, 1.54) is 10.6 Å². The normalized spacial score (nSPS) is 12.8. The highest BCUT2D eigenvalue weighted by molar-refractivity contribution is 7.98. The van der Waals surface area contributed by atoms with Crippen LogP contribution in [0.3, 0.4) is 0 Å². The van der Waals surface area contributed by atoms with Gasteiger partial charge < -0.3 is 10.0 Å². The van der Waals surface area contributed by atoms with Crippen molar-refractivity contribution in [1.29, 1.82) is 0 Å². The van der Waals surface area contributed by atoms with Gasteiger partial charge in [-0.3, -0.25) is 0 Å². The number of aliphatic hydroxyl groups is 1. The maximum atomic E-state index is 9.34. The van der Waals surface area contributed by atoms with Gasteiger partial charge in [-0.05, 0) is 36.4 Å². The van der Waals surface area contributed by atoms with Crippen molar-refractivity contribution in [1.82, 2.24) is 0 Å². The van der Waals surface area contributed by atoms with Gasteiger partial charge in [-0.25, -0.2) is 0 Å². The molecule has 1 atom stereocenters. The van der Waals surface area contributed by atoms with Gasteiger partial charge in [-0.15, -0.1) is 11.8 Å². The van der Waals surface area contributed by atoms with Crippen LogP contribution in [0.15, 0.2) is 29.2 Å². The maximum absolute atomic E-state index is 9.34. The predicted octanol–water partition coefficient (Wildman–Crippen LogP) is 3.11. The van der Waals surface area contributed by atoms with E-state index in [4.69, 9.17) is 0 Å². The first-order valence-corrected chi connectivity index (χ1v) is 7.27. The number of hydrogen-bond acceptors (Lipinski definition) is 3. The summed E-state index contributed by atoms with van der Waals surface area (Å²) >= 11 is 1.75. The van der Waals surface area contributed by atoms with Crippen LogP contribution in [0.2, 0.25) is 0 Å². The predicted molar refractivity (Wildman–Crippen MR) is 76.9 cm³/mol. The Hall–Kier alpha value is -0.670. The highest BCUT2D eigenvalue weighted by Crippen LogP contribution is 2.21. The van der Waals surface area contributed by atoms with Crippen molar-refractivity contribution in [2.75, 3.05) is 31.4 Å². The second-order valence-corrected chi connectivity index (χ2v) is 5.64. The third-order valence-corrected chi connectivity index (χ3v) is 3.94. The van der Waals surface area contributed by atoms with Gasteiger partial charge in [-0.2, -0.15) is 0 Å². The number of benzene rings is 1. The first-order valence-electron chi connectivity index (χ1n) is 6.04. The van der Waals surface area contributed by atoms with Crippen LogP contribution in [0.4, 0.5) is 5.69 Å². The first kappa shape index (κ1) is 14.4. The van der Waals surface area contributed by atoms with Gasteiger partial charge in [0.15, 0.2) is 0 Å². The molecule has 0 heterocycles. The summed E-state index contributed by atoms with van der Waals surface area (Å²) < 4.78 is 0. The topological polar surface area (TPSA) is 23.5 Å². The summed E-state index contributed by atoms with van der Waals surface area (Å²) in [6, 6.07) is 8.56. The zero-order valence-electron chi connectivity index (χ0n) is 11.2. The highest BCUT2D eigenvalue weighted by atomic mass is 32.2. The molecule has 0 saturated carbocycles. The van der Waals surface area contributed by atoms with Crippen LogP contribution < -0.4 is 4.90 Å². The van der Waals surface area contributed by atoms with Gasteiger partial charge in [0.05, 0.1) is 0 Å². The van der Waals surface area contributed by atoms with Crippen molar-refractivity contribution >= 4 is 17.4 Å². The van der Waals surface area contributed by atoms with Crippen molar-refractivity contribution in [3.8, 4) is 0 Å². The van der Waals surface area contributed by atoms with E-state index >= 15 is 0 Å². The molecule has 0 spiro atoms. The third kappa shape index (κ3) is 4.25. The summed E-state index contributed by atoms with van der Waals surface area (Å²) in [5, 5.41) is 9.34. The number of hydrogen-bond donors (Lipinski definition) is 1. The molecule has 1 N–H and O–H groups in total. The monoisotopic (exact) mass is 253 g/mol. The minimum absolute atomic E-state index is 0.255. The summed E-state index contributed by atoms with van der Waals surface area (Å²) in [6.45, 7) is 5.47. The number of thioether (sulfide) groups is 1. The van der Waals surface area contributed by atoms with Gasteiger partial charge in [-0.1, -0.05) is 13.8 Å². The molecule has 0 radical (unpaired) electrons. The second kappa shape index (κ2) is 6.92. The first-order chi connectivity index (χ1) is 8.08. The van der Waals surface area contributed by atoms with E-state index in [1.54, 1.807) is 11.8 Å². The largest absolute Gasteiger partial charge is 0.396 e. The fraction of sp³-hybridized carbons (Fsp3) is 0.571. The molecule has 0 saturated heterocycles. The Morgan fingerprint density at radius 2 is 1.82 bits per heavy atom. The Bertz CT molecular complexity index is 323. The van der Waals surface area contributed by atoms with Crippen LogP contribution in [0, 0.1) is 11.8 Å². The van der Waals surface area contributed by atoms with Crippen molar-refractivity contribution < 1.29 is 5.11 Å². The van der Waals surface area contributed by atoms with E-state index in [2.05, 4.69) is 56.3 Å². The molecule has 2 nitrogen and oxygen atoms in total. The Kier molecular flexibility index (Phi) is 5.86. The van der Waals surface area contributed by atoms with Gasteiger partial charge in [0.2, 0.25) is 0 Å². The lowest BCUT2D eigenvalue weighted by atomic mass is 9.96. The van der Waals surface area contributed by atoms with Crippen LogP contribution in [-0.4, -0.2) is 31.6 Å². The number of aliphatic hydroxyl groups excluding tert-OH is 1. The molecule has 96 valence electrons. The summed E-state index contributed by atoms with van der Waals surface area (Å²) in [5.74, 6) is 0.841. The van der Waals surface area contributed by atoms with Crippen LogP contribution in [-0.2, 0) is 0 Å². The standard InChI is InChI=1S/C14H23NOS/c1-11(2)12(10-16)9-15(3)13-5-7-14(17-4)8-6-13/h5-8,11-12,16H,9-10H2,1-4H3. The van der Waals surface area contributed by atoms with E-state index in [0.717, 1.165) is 6.54 Å². The number of rotatable bonds is 6. The van der Waals surface area contributed by atoms with Crippen LogP contribution in [0.5, 0.6) is 0 Å². The Morgan fingerprint density at radius 3 is 2.24 bits per heavy atom. The Morgan fingerprint density at radius 1 is 1.24 bits per heavy atom. The fourth-order valence-electron chi connectivity index (χ4n) is 1.77.